The summed E-state index contributed by atoms with van der Waals surface area (Å²) >= 11 is 0. The number of hydrogen-bond donors (Lipinski definition) is 2. The van der Waals surface area contributed by atoms with Crippen LogP contribution in [0.2, 0.25) is 0 Å². The van der Waals surface area contributed by atoms with Gasteiger partial charge in [0.1, 0.15) is 29.6 Å². The summed E-state index contributed by atoms with van der Waals surface area (Å²) in [7, 11) is 0. The topological polar surface area (TPSA) is 73.8 Å². The van der Waals surface area contributed by atoms with Crippen LogP contribution in [0, 0.1) is 11.6 Å². The average Bonchev–Trinajstić information content (AvgIpc) is 3.24. The molecule has 0 saturated carbocycles. The van der Waals surface area contributed by atoms with Gasteiger partial charge in [-0.2, -0.15) is 0 Å². The molecule has 4 unspecified atom stereocenters. The number of ether oxygens (including phenoxy) is 1. The molecule has 9 heteroatoms. The summed E-state index contributed by atoms with van der Waals surface area (Å²) in [6.07, 6.45) is 3.33. The first-order valence-corrected chi connectivity index (χ1v) is 11.2. The van der Waals surface area contributed by atoms with E-state index in [1.54, 1.807) is 0 Å². The zero-order valence-electron chi connectivity index (χ0n) is 18.5. The van der Waals surface area contributed by atoms with Crippen molar-refractivity contribution in [1.29, 1.82) is 0 Å². The summed E-state index contributed by atoms with van der Waals surface area (Å²) < 4.78 is 35.3. The molecule has 1 aromatic carbocycles. The number of aliphatic hydroxyl groups is 1. The lowest BCUT2D eigenvalue weighted by Crippen LogP contribution is -2.48. The highest BCUT2D eigenvalue weighted by Gasteiger charge is 2.32. The maximum absolute atomic E-state index is 14.7. The van der Waals surface area contributed by atoms with E-state index < -0.39 is 17.7 Å². The van der Waals surface area contributed by atoms with Gasteiger partial charge >= 0.3 is 0 Å². The van der Waals surface area contributed by atoms with E-state index in [-0.39, 0.29) is 37.0 Å². The fourth-order valence-corrected chi connectivity index (χ4v) is 4.84. The Labute approximate surface area is 187 Å². The number of nitrogens with zero attached hydrogens (tertiary/aromatic N) is 4. The maximum Gasteiger partial charge on any atom is 0.134 e. The van der Waals surface area contributed by atoms with Crippen molar-refractivity contribution in [2.75, 3.05) is 43.0 Å². The summed E-state index contributed by atoms with van der Waals surface area (Å²) in [4.78, 5) is 12.8. The third-order valence-corrected chi connectivity index (χ3v) is 6.23. The third kappa shape index (κ3) is 5.00. The number of nitrogens with one attached hydrogen (secondary N) is 1. The van der Waals surface area contributed by atoms with Gasteiger partial charge in [-0.3, -0.25) is 4.90 Å². The smallest absolute Gasteiger partial charge is 0.134 e. The zero-order valence-corrected chi connectivity index (χ0v) is 18.5. The van der Waals surface area contributed by atoms with Crippen LogP contribution in [-0.2, 0) is 4.74 Å². The molecule has 0 bridgehead atoms. The number of morpholine rings is 1. The average molecular weight is 448 g/mol. The Kier molecular flexibility index (Phi) is 7.17. The molecule has 0 radical (unpaired) electrons. The highest BCUT2D eigenvalue weighted by Crippen LogP contribution is 2.30. The molecule has 0 aliphatic carbocycles. The minimum atomic E-state index is -0.560. The van der Waals surface area contributed by atoms with Crippen molar-refractivity contribution < 1.29 is 18.6 Å². The van der Waals surface area contributed by atoms with Crippen LogP contribution in [0.25, 0.3) is 0 Å². The number of benzene rings is 1. The van der Waals surface area contributed by atoms with Crippen molar-refractivity contribution in [2.24, 2.45) is 0 Å². The Bertz CT molecular complexity index is 887. The van der Waals surface area contributed by atoms with Gasteiger partial charge in [-0.1, -0.05) is 6.07 Å². The minimum absolute atomic E-state index is 0.0349. The van der Waals surface area contributed by atoms with E-state index in [0.717, 1.165) is 25.2 Å². The van der Waals surface area contributed by atoms with Crippen molar-refractivity contribution in [2.45, 2.75) is 51.0 Å². The molecular formula is C23H31F2N5O2. The predicted octanol–water partition coefficient (Wildman–Crippen LogP) is 2.98. The molecule has 174 valence electrons. The Morgan fingerprint density at radius 1 is 1.19 bits per heavy atom. The predicted molar refractivity (Wildman–Crippen MR) is 119 cm³/mol. The largest absolute Gasteiger partial charge is 0.394 e. The molecule has 3 heterocycles. The molecule has 2 N–H and O–H groups in total. The van der Waals surface area contributed by atoms with Crippen LogP contribution in [0.1, 0.15) is 38.3 Å². The van der Waals surface area contributed by atoms with Crippen LogP contribution in [0.5, 0.6) is 0 Å². The Morgan fingerprint density at radius 2 is 1.91 bits per heavy atom. The number of anilines is 2. The molecule has 32 heavy (non-hydrogen) atoms. The van der Waals surface area contributed by atoms with Crippen LogP contribution < -0.4 is 10.2 Å². The van der Waals surface area contributed by atoms with Crippen LogP contribution in [0.3, 0.4) is 0 Å². The van der Waals surface area contributed by atoms with Crippen molar-refractivity contribution in [3.8, 4) is 0 Å². The van der Waals surface area contributed by atoms with Crippen molar-refractivity contribution in [3.05, 3.63) is 47.8 Å². The molecule has 2 fully saturated rings. The highest BCUT2D eigenvalue weighted by molar-refractivity contribution is 5.50. The molecule has 0 amide bonds. The van der Waals surface area contributed by atoms with Gasteiger partial charge in [-0.25, -0.2) is 18.7 Å². The van der Waals surface area contributed by atoms with Gasteiger partial charge in [-0.05, 0) is 38.8 Å². The highest BCUT2D eigenvalue weighted by atomic mass is 19.1. The number of rotatable bonds is 7. The number of aliphatic hydroxyl groups excluding tert-OH is 1. The van der Waals surface area contributed by atoms with E-state index in [4.69, 9.17) is 4.74 Å². The Morgan fingerprint density at radius 3 is 2.59 bits per heavy atom. The van der Waals surface area contributed by atoms with Gasteiger partial charge in [0.25, 0.3) is 0 Å². The van der Waals surface area contributed by atoms with Crippen molar-refractivity contribution in [3.63, 3.8) is 0 Å². The monoisotopic (exact) mass is 447 g/mol. The lowest BCUT2D eigenvalue weighted by molar-refractivity contribution is -0.0801. The second kappa shape index (κ2) is 10.1. The lowest BCUT2D eigenvalue weighted by Gasteiger charge is -2.40. The maximum atomic E-state index is 14.7. The van der Waals surface area contributed by atoms with E-state index in [9.17, 15) is 13.9 Å². The Hall–Kier alpha value is -2.36. The summed E-state index contributed by atoms with van der Waals surface area (Å²) in [6.45, 7) is 6.27. The lowest BCUT2D eigenvalue weighted by atomic mass is 10.0. The van der Waals surface area contributed by atoms with E-state index >= 15 is 0 Å². The molecule has 2 aromatic rings. The van der Waals surface area contributed by atoms with Gasteiger partial charge in [0, 0.05) is 37.8 Å². The number of aromatic nitrogens is 2. The second-order valence-corrected chi connectivity index (χ2v) is 8.68. The summed E-state index contributed by atoms with van der Waals surface area (Å²) in [5.74, 6) is 0.195. The third-order valence-electron chi connectivity index (χ3n) is 6.23. The molecule has 0 spiro atoms. The fourth-order valence-electron chi connectivity index (χ4n) is 4.84. The standard InChI is InChI=1S/C23H31F2N5O2/c1-15-11-29(12-16(2)32-15)20(23-18(24)6-3-7-19(23)25)10-26-21-9-22(28-14-27-21)30-8-4-5-17(30)13-31/h3,6-7,9,14-17,20,31H,4-5,8,10-13H2,1-2H3,(H,26,27,28). The fraction of sp³-hybridized carbons (Fsp3) is 0.565. The SMILES string of the molecule is CC1CN(C(CNc2cc(N3CCCC3CO)ncn2)c2c(F)cccc2F)CC(C)O1. The first-order valence-electron chi connectivity index (χ1n) is 11.2. The summed E-state index contributed by atoms with van der Waals surface area (Å²) in [5, 5.41) is 12.9. The van der Waals surface area contributed by atoms with Crippen molar-refractivity contribution >= 4 is 11.6 Å². The summed E-state index contributed by atoms with van der Waals surface area (Å²) in [6, 6.07) is 5.32. The Balaban J connectivity index is 1.56. The molecule has 2 aliphatic rings. The first kappa shape index (κ1) is 22.8. The first-order chi connectivity index (χ1) is 15.5. The molecule has 1 aromatic heterocycles. The normalized spacial score (nSPS) is 25.2. The van der Waals surface area contributed by atoms with Gasteiger partial charge in [0.15, 0.2) is 0 Å². The molecule has 2 aliphatic heterocycles. The molecule has 7 nitrogen and oxygen atoms in total. The van der Waals surface area contributed by atoms with Gasteiger partial charge < -0.3 is 20.1 Å². The molecule has 4 atom stereocenters. The van der Waals surface area contributed by atoms with Crippen LogP contribution >= 0.6 is 0 Å². The minimum Gasteiger partial charge on any atom is -0.394 e. The van der Waals surface area contributed by atoms with E-state index in [1.807, 2.05) is 19.9 Å². The zero-order chi connectivity index (χ0) is 22.7. The molecule has 2 saturated heterocycles. The van der Waals surface area contributed by atoms with E-state index in [1.165, 1.54) is 24.5 Å². The van der Waals surface area contributed by atoms with E-state index in [2.05, 4.69) is 25.1 Å². The van der Waals surface area contributed by atoms with Gasteiger partial charge in [0.05, 0.1) is 30.9 Å². The van der Waals surface area contributed by atoms with Gasteiger partial charge in [0.2, 0.25) is 0 Å². The van der Waals surface area contributed by atoms with Crippen LogP contribution in [0.4, 0.5) is 20.4 Å². The number of hydrogen-bond acceptors (Lipinski definition) is 7. The van der Waals surface area contributed by atoms with Crippen LogP contribution in [0.15, 0.2) is 30.6 Å². The van der Waals surface area contributed by atoms with E-state index in [0.29, 0.717) is 18.9 Å². The molecule has 4 rings (SSSR count). The second-order valence-electron chi connectivity index (χ2n) is 8.68. The molecular weight excluding hydrogens is 416 g/mol. The van der Waals surface area contributed by atoms with Crippen molar-refractivity contribution in [1.82, 2.24) is 14.9 Å². The summed E-state index contributed by atoms with van der Waals surface area (Å²) in [5.41, 5.74) is 0.0514. The van der Waals surface area contributed by atoms with Gasteiger partial charge in [-0.15, -0.1) is 0 Å². The quantitative estimate of drug-likeness (QED) is 0.676. The number of halogens is 2. The van der Waals surface area contributed by atoms with Crippen LogP contribution in [-0.4, -0.2) is 71.0 Å².